The zero-order valence-corrected chi connectivity index (χ0v) is 18.2. The summed E-state index contributed by atoms with van der Waals surface area (Å²) in [7, 11) is 0. The van der Waals surface area contributed by atoms with E-state index < -0.39 is 12.1 Å². The van der Waals surface area contributed by atoms with Crippen LogP contribution in [0.15, 0.2) is 88.1 Å². The molecule has 0 spiro atoms. The summed E-state index contributed by atoms with van der Waals surface area (Å²) in [4.78, 5) is 28.2. The third-order valence-electron chi connectivity index (χ3n) is 6.17. The van der Waals surface area contributed by atoms with Crippen LogP contribution in [0.1, 0.15) is 27.7 Å². The molecule has 0 aliphatic carbocycles. The van der Waals surface area contributed by atoms with Gasteiger partial charge >= 0.3 is 0 Å². The van der Waals surface area contributed by atoms with Crippen molar-refractivity contribution in [2.75, 3.05) is 19.6 Å². The molecule has 0 amide bonds. The highest BCUT2D eigenvalue weighted by atomic mass is 19.1. The van der Waals surface area contributed by atoms with Crippen LogP contribution in [-0.2, 0) is 0 Å². The van der Waals surface area contributed by atoms with E-state index in [0.29, 0.717) is 30.6 Å². The van der Waals surface area contributed by atoms with Crippen molar-refractivity contribution in [2.24, 2.45) is 0 Å². The van der Waals surface area contributed by atoms with Crippen molar-refractivity contribution in [3.05, 3.63) is 118 Å². The number of halogens is 2. The number of benzene rings is 3. The lowest BCUT2D eigenvalue weighted by Gasteiger charge is -2.41. The van der Waals surface area contributed by atoms with Gasteiger partial charge in [-0.3, -0.25) is 14.5 Å². The molecule has 1 atom stereocenters. The maximum absolute atomic E-state index is 13.7. The Labute approximate surface area is 194 Å². The smallest absolute Gasteiger partial charge is 0.216 e. The predicted molar refractivity (Wildman–Crippen MR) is 125 cm³/mol. The van der Waals surface area contributed by atoms with Crippen LogP contribution >= 0.6 is 0 Å². The minimum atomic E-state index is -0.654. The van der Waals surface area contributed by atoms with Gasteiger partial charge in [-0.2, -0.15) is 0 Å². The largest absolute Gasteiger partial charge is 0.453 e. The summed E-state index contributed by atoms with van der Waals surface area (Å²) in [6.07, 6.45) is 0. The Morgan fingerprint density at radius 3 is 2.21 bits per heavy atom. The molecule has 1 fully saturated rings. The van der Waals surface area contributed by atoms with E-state index in [-0.39, 0.29) is 28.6 Å². The van der Waals surface area contributed by atoms with Crippen molar-refractivity contribution in [1.82, 2.24) is 10.2 Å². The second-order valence-electron chi connectivity index (χ2n) is 8.30. The van der Waals surface area contributed by atoms with Gasteiger partial charge in [0.2, 0.25) is 5.78 Å². The van der Waals surface area contributed by atoms with E-state index in [1.807, 2.05) is 4.90 Å². The fourth-order valence-corrected chi connectivity index (χ4v) is 4.53. The molecule has 4 aromatic rings. The number of carbonyl (C=O) groups is 1. The van der Waals surface area contributed by atoms with Gasteiger partial charge in [-0.05, 0) is 47.5 Å². The third kappa shape index (κ3) is 4.27. The Balaban J connectivity index is 1.57. The van der Waals surface area contributed by atoms with Crippen LogP contribution in [0.2, 0.25) is 0 Å². The molecule has 5 rings (SSSR count). The lowest BCUT2D eigenvalue weighted by atomic mass is 9.93. The number of hydrogen-bond donors (Lipinski definition) is 1. The first-order valence-corrected chi connectivity index (χ1v) is 11.1. The molecule has 1 saturated heterocycles. The summed E-state index contributed by atoms with van der Waals surface area (Å²) >= 11 is 0. The van der Waals surface area contributed by atoms with Crippen molar-refractivity contribution in [3.8, 4) is 0 Å². The second-order valence-corrected chi connectivity index (χ2v) is 8.30. The first-order chi connectivity index (χ1) is 16.5. The van der Waals surface area contributed by atoms with Crippen molar-refractivity contribution in [2.45, 2.75) is 12.1 Å². The summed E-state index contributed by atoms with van der Waals surface area (Å²) in [5.41, 5.74) is 1.61. The quantitative estimate of drug-likeness (QED) is 0.450. The second kappa shape index (κ2) is 9.29. The van der Waals surface area contributed by atoms with Crippen molar-refractivity contribution in [3.63, 3.8) is 0 Å². The first kappa shape index (κ1) is 22.1. The number of hydrogen-bond acceptors (Lipinski definition) is 5. The number of nitrogens with zero attached hydrogens (tertiary/aromatic N) is 1. The Kier molecular flexibility index (Phi) is 6.04. The highest BCUT2D eigenvalue weighted by Gasteiger charge is 2.36. The van der Waals surface area contributed by atoms with Gasteiger partial charge in [0.25, 0.3) is 0 Å². The van der Waals surface area contributed by atoms with Gasteiger partial charge in [0.05, 0.1) is 17.5 Å². The molecule has 172 valence electrons. The topological polar surface area (TPSA) is 62.6 Å². The average molecular weight is 460 g/mol. The molecule has 34 heavy (non-hydrogen) atoms. The van der Waals surface area contributed by atoms with Crippen LogP contribution in [0.3, 0.4) is 0 Å². The van der Waals surface area contributed by atoms with E-state index >= 15 is 0 Å². The minimum Gasteiger partial charge on any atom is -0.453 e. The fraction of sp³-hybridized carbons (Fsp3) is 0.185. The Bertz CT molecular complexity index is 1340. The van der Waals surface area contributed by atoms with Gasteiger partial charge in [-0.15, -0.1) is 0 Å². The first-order valence-electron chi connectivity index (χ1n) is 11.1. The molecule has 7 heteroatoms. The standard InChI is InChI=1S/C27H22F2N2O3/c28-19-9-5-17(6-10-19)26(18-7-11-20(29)12-8-18)31-14-13-30-16-22(31)27(33)25-15-23(32)21-3-1-2-4-24(21)34-25/h1-12,15,22,26,30H,13-14,16H2. The zero-order valence-electron chi connectivity index (χ0n) is 18.2. The van der Waals surface area contributed by atoms with E-state index in [9.17, 15) is 18.4 Å². The average Bonchev–Trinajstić information content (AvgIpc) is 2.86. The number of piperazine rings is 1. The maximum atomic E-state index is 13.7. The van der Waals surface area contributed by atoms with Crippen LogP contribution in [0.5, 0.6) is 0 Å². The number of fused-ring (bicyclic) bond motifs is 1. The molecule has 0 bridgehead atoms. The molecule has 2 heterocycles. The summed E-state index contributed by atoms with van der Waals surface area (Å²) in [6.45, 7) is 1.48. The van der Waals surface area contributed by atoms with Gasteiger partial charge in [0.15, 0.2) is 11.2 Å². The van der Waals surface area contributed by atoms with Crippen molar-refractivity contribution in [1.29, 1.82) is 0 Å². The summed E-state index contributed by atoms with van der Waals surface area (Å²) in [6, 6.07) is 19.1. The predicted octanol–water partition coefficient (Wildman–Crippen LogP) is 4.32. The summed E-state index contributed by atoms with van der Waals surface area (Å²) in [5, 5.41) is 3.65. The molecule has 0 saturated carbocycles. The lowest BCUT2D eigenvalue weighted by molar-refractivity contribution is 0.0678. The molecule has 1 aliphatic heterocycles. The van der Waals surface area contributed by atoms with E-state index in [4.69, 9.17) is 4.42 Å². The van der Waals surface area contributed by atoms with Gasteiger partial charge in [0, 0.05) is 25.7 Å². The van der Waals surface area contributed by atoms with Gasteiger partial charge in [0.1, 0.15) is 17.2 Å². The van der Waals surface area contributed by atoms with E-state index in [0.717, 1.165) is 11.1 Å². The molecular weight excluding hydrogens is 438 g/mol. The monoisotopic (exact) mass is 460 g/mol. The van der Waals surface area contributed by atoms with Crippen LogP contribution in [0.25, 0.3) is 11.0 Å². The number of carbonyl (C=O) groups excluding carboxylic acids is 1. The molecule has 1 N–H and O–H groups in total. The Morgan fingerprint density at radius 1 is 0.941 bits per heavy atom. The Morgan fingerprint density at radius 2 is 1.56 bits per heavy atom. The normalized spacial score (nSPS) is 16.7. The summed E-state index contributed by atoms with van der Waals surface area (Å²) < 4.78 is 33.2. The van der Waals surface area contributed by atoms with E-state index in [1.165, 1.54) is 30.3 Å². The minimum absolute atomic E-state index is 0.0145. The zero-order chi connectivity index (χ0) is 23.7. The van der Waals surface area contributed by atoms with Crippen molar-refractivity contribution < 1.29 is 18.0 Å². The third-order valence-corrected chi connectivity index (χ3v) is 6.17. The van der Waals surface area contributed by atoms with Crippen LogP contribution in [0.4, 0.5) is 8.78 Å². The fourth-order valence-electron chi connectivity index (χ4n) is 4.53. The molecule has 1 aromatic heterocycles. The highest BCUT2D eigenvalue weighted by Crippen LogP contribution is 2.32. The Hall–Kier alpha value is -3.68. The molecule has 1 unspecified atom stereocenters. The maximum Gasteiger partial charge on any atom is 0.216 e. The van der Waals surface area contributed by atoms with Gasteiger partial charge in [-0.1, -0.05) is 36.4 Å². The molecule has 0 radical (unpaired) electrons. The SMILES string of the molecule is O=C(c1cc(=O)c2ccccc2o1)C1CNCCN1C(c1ccc(F)cc1)c1ccc(F)cc1. The van der Waals surface area contributed by atoms with Crippen molar-refractivity contribution >= 4 is 16.8 Å². The van der Waals surface area contributed by atoms with Crippen LogP contribution in [-0.4, -0.2) is 36.4 Å². The van der Waals surface area contributed by atoms with E-state index in [2.05, 4.69) is 5.32 Å². The van der Waals surface area contributed by atoms with Gasteiger partial charge in [-0.25, -0.2) is 8.78 Å². The number of nitrogens with one attached hydrogen (secondary N) is 1. The number of para-hydroxylation sites is 1. The molecule has 5 nitrogen and oxygen atoms in total. The number of rotatable bonds is 5. The van der Waals surface area contributed by atoms with Crippen LogP contribution in [0, 0.1) is 11.6 Å². The highest BCUT2D eigenvalue weighted by molar-refractivity contribution is 5.99. The molecule has 1 aliphatic rings. The summed E-state index contributed by atoms with van der Waals surface area (Å²) in [5.74, 6) is -1.08. The molecule has 3 aromatic carbocycles. The number of Topliss-reactive ketones (excluding diaryl/α,β-unsaturated/α-hetero) is 1. The van der Waals surface area contributed by atoms with Crippen LogP contribution < -0.4 is 10.7 Å². The number of ketones is 1. The molecular formula is C27H22F2N2O3. The van der Waals surface area contributed by atoms with E-state index in [1.54, 1.807) is 48.5 Å². The lowest BCUT2D eigenvalue weighted by Crippen LogP contribution is -2.56. The van der Waals surface area contributed by atoms with Gasteiger partial charge < -0.3 is 9.73 Å².